The van der Waals surface area contributed by atoms with Crippen molar-refractivity contribution in [2.75, 3.05) is 0 Å². The first-order chi connectivity index (χ1) is 8.26. The normalized spacial score (nSPS) is 10.2. The Labute approximate surface area is 101 Å². The maximum absolute atomic E-state index is 11.1. The molecule has 0 saturated carbocycles. The molecule has 1 aromatic carbocycles. The van der Waals surface area contributed by atoms with Crippen LogP contribution in [0.25, 0.3) is 11.3 Å². The molecular formula is C15H15NO. The van der Waals surface area contributed by atoms with Crippen LogP contribution < -0.4 is 0 Å². The molecule has 2 heteroatoms. The van der Waals surface area contributed by atoms with Gasteiger partial charge in [-0.05, 0) is 48.7 Å². The number of hydrogen-bond acceptors (Lipinski definition) is 2. The summed E-state index contributed by atoms with van der Waals surface area (Å²) in [5.74, 6) is 0. The van der Waals surface area contributed by atoms with Crippen molar-refractivity contribution in [3.63, 3.8) is 0 Å². The first-order valence-corrected chi connectivity index (χ1v) is 5.76. The number of carbonyl (C=O) groups is 1. The first kappa shape index (κ1) is 11.5. The third-order valence-corrected chi connectivity index (χ3v) is 3.02. The van der Waals surface area contributed by atoms with Gasteiger partial charge in [-0.15, -0.1) is 0 Å². The molecule has 0 aliphatic carbocycles. The number of aldehydes is 1. The SMILES string of the molecule is CCc1cc(-c2ccccn2)cc(C=O)c1C. The van der Waals surface area contributed by atoms with Crippen LogP contribution in [0.2, 0.25) is 0 Å². The smallest absolute Gasteiger partial charge is 0.150 e. The maximum atomic E-state index is 11.1. The molecule has 17 heavy (non-hydrogen) atoms. The van der Waals surface area contributed by atoms with Crippen LogP contribution in [0.5, 0.6) is 0 Å². The lowest BCUT2D eigenvalue weighted by Crippen LogP contribution is -1.95. The molecule has 2 rings (SSSR count). The monoisotopic (exact) mass is 225 g/mol. The Morgan fingerprint density at radius 2 is 2.12 bits per heavy atom. The van der Waals surface area contributed by atoms with Gasteiger partial charge >= 0.3 is 0 Å². The van der Waals surface area contributed by atoms with E-state index in [2.05, 4.69) is 18.0 Å². The Hall–Kier alpha value is -1.96. The van der Waals surface area contributed by atoms with Crippen LogP contribution >= 0.6 is 0 Å². The number of pyridine rings is 1. The molecule has 0 amide bonds. The highest BCUT2D eigenvalue weighted by atomic mass is 16.1. The summed E-state index contributed by atoms with van der Waals surface area (Å²) in [6, 6.07) is 9.82. The van der Waals surface area contributed by atoms with Gasteiger partial charge in [0, 0.05) is 17.3 Å². The molecule has 0 spiro atoms. The van der Waals surface area contributed by atoms with Gasteiger partial charge in [0.2, 0.25) is 0 Å². The maximum Gasteiger partial charge on any atom is 0.150 e. The van der Waals surface area contributed by atoms with Gasteiger partial charge in [0.1, 0.15) is 6.29 Å². The van der Waals surface area contributed by atoms with Gasteiger partial charge in [0.05, 0.1) is 5.69 Å². The van der Waals surface area contributed by atoms with Crippen LogP contribution in [-0.4, -0.2) is 11.3 Å². The average Bonchev–Trinajstić information content (AvgIpc) is 2.40. The van der Waals surface area contributed by atoms with Crippen LogP contribution in [0.4, 0.5) is 0 Å². The Balaban J connectivity index is 2.60. The Morgan fingerprint density at radius 3 is 2.71 bits per heavy atom. The predicted octanol–water partition coefficient (Wildman–Crippen LogP) is 3.43. The molecule has 0 N–H and O–H groups in total. The van der Waals surface area contributed by atoms with E-state index in [1.54, 1.807) is 6.20 Å². The average molecular weight is 225 g/mol. The minimum absolute atomic E-state index is 0.755. The Bertz CT molecular complexity index is 532. The molecule has 1 aromatic heterocycles. The molecule has 1 heterocycles. The highest BCUT2D eigenvalue weighted by Crippen LogP contribution is 2.23. The largest absolute Gasteiger partial charge is 0.298 e. The summed E-state index contributed by atoms with van der Waals surface area (Å²) in [5, 5.41) is 0. The lowest BCUT2D eigenvalue weighted by Gasteiger charge is -2.09. The first-order valence-electron chi connectivity index (χ1n) is 5.76. The number of benzene rings is 1. The summed E-state index contributed by atoms with van der Waals surface area (Å²) in [5.41, 5.74) is 4.95. The predicted molar refractivity (Wildman–Crippen MR) is 69.2 cm³/mol. The fourth-order valence-corrected chi connectivity index (χ4v) is 1.97. The van der Waals surface area contributed by atoms with E-state index in [-0.39, 0.29) is 0 Å². The fourth-order valence-electron chi connectivity index (χ4n) is 1.97. The van der Waals surface area contributed by atoms with Crippen molar-refractivity contribution in [3.05, 3.63) is 53.2 Å². The van der Waals surface area contributed by atoms with Gasteiger partial charge in [0.25, 0.3) is 0 Å². The van der Waals surface area contributed by atoms with Crippen LogP contribution in [-0.2, 0) is 6.42 Å². The van der Waals surface area contributed by atoms with Crippen LogP contribution in [0.1, 0.15) is 28.4 Å². The number of hydrogen-bond donors (Lipinski definition) is 0. The van der Waals surface area contributed by atoms with Crippen LogP contribution in [0.3, 0.4) is 0 Å². The number of aryl methyl sites for hydroxylation is 1. The molecule has 0 fully saturated rings. The van der Waals surface area contributed by atoms with Crippen molar-refractivity contribution in [1.82, 2.24) is 4.98 Å². The molecule has 0 aliphatic rings. The summed E-state index contributed by atoms with van der Waals surface area (Å²) in [7, 11) is 0. The minimum Gasteiger partial charge on any atom is -0.298 e. The summed E-state index contributed by atoms with van der Waals surface area (Å²) < 4.78 is 0. The van der Waals surface area contributed by atoms with E-state index in [1.807, 2.05) is 31.2 Å². The lowest BCUT2D eigenvalue weighted by atomic mass is 9.96. The second-order valence-electron chi connectivity index (χ2n) is 4.04. The zero-order valence-electron chi connectivity index (χ0n) is 10.1. The third-order valence-electron chi connectivity index (χ3n) is 3.02. The van der Waals surface area contributed by atoms with Gasteiger partial charge in [-0.2, -0.15) is 0 Å². The van der Waals surface area contributed by atoms with Crippen molar-refractivity contribution >= 4 is 6.29 Å². The molecule has 0 atom stereocenters. The van der Waals surface area contributed by atoms with E-state index in [1.165, 1.54) is 5.56 Å². The molecule has 0 bridgehead atoms. The second kappa shape index (κ2) is 4.91. The van der Waals surface area contributed by atoms with Gasteiger partial charge in [0.15, 0.2) is 0 Å². The van der Waals surface area contributed by atoms with Crippen LogP contribution in [0.15, 0.2) is 36.5 Å². The standard InChI is InChI=1S/C15H15NO/c1-3-12-8-13(9-14(10-17)11(12)2)15-6-4-5-7-16-15/h4-10H,3H2,1-2H3. The number of carbonyl (C=O) groups excluding carboxylic acids is 1. The Kier molecular flexibility index (Phi) is 3.33. The van der Waals surface area contributed by atoms with E-state index in [9.17, 15) is 4.79 Å². The van der Waals surface area contributed by atoms with E-state index in [4.69, 9.17) is 0 Å². The lowest BCUT2D eigenvalue weighted by molar-refractivity contribution is 0.112. The van der Waals surface area contributed by atoms with E-state index < -0.39 is 0 Å². The van der Waals surface area contributed by atoms with Crippen molar-refractivity contribution in [3.8, 4) is 11.3 Å². The van der Waals surface area contributed by atoms with E-state index in [0.717, 1.165) is 35.1 Å². The Morgan fingerprint density at radius 1 is 1.29 bits per heavy atom. The second-order valence-corrected chi connectivity index (χ2v) is 4.04. The molecule has 2 nitrogen and oxygen atoms in total. The zero-order chi connectivity index (χ0) is 12.3. The highest BCUT2D eigenvalue weighted by molar-refractivity contribution is 5.81. The van der Waals surface area contributed by atoms with Crippen molar-refractivity contribution < 1.29 is 4.79 Å². The van der Waals surface area contributed by atoms with E-state index >= 15 is 0 Å². The molecule has 0 saturated heterocycles. The quantitative estimate of drug-likeness (QED) is 0.749. The van der Waals surface area contributed by atoms with Crippen LogP contribution in [0, 0.1) is 6.92 Å². The molecule has 0 radical (unpaired) electrons. The third kappa shape index (κ3) is 2.26. The van der Waals surface area contributed by atoms with Crippen molar-refractivity contribution in [2.24, 2.45) is 0 Å². The summed E-state index contributed by atoms with van der Waals surface area (Å²) in [6.45, 7) is 4.09. The number of aromatic nitrogens is 1. The molecule has 0 unspecified atom stereocenters. The van der Waals surface area contributed by atoms with Crippen molar-refractivity contribution in [1.29, 1.82) is 0 Å². The molecule has 2 aromatic rings. The molecular weight excluding hydrogens is 210 g/mol. The molecule has 86 valence electrons. The van der Waals surface area contributed by atoms with Gasteiger partial charge in [-0.25, -0.2) is 0 Å². The fraction of sp³-hybridized carbons (Fsp3) is 0.200. The number of nitrogens with zero attached hydrogens (tertiary/aromatic N) is 1. The number of rotatable bonds is 3. The topological polar surface area (TPSA) is 30.0 Å². The minimum atomic E-state index is 0.755. The summed E-state index contributed by atoms with van der Waals surface area (Å²) in [4.78, 5) is 15.4. The highest BCUT2D eigenvalue weighted by Gasteiger charge is 2.07. The molecule has 0 aliphatic heterocycles. The summed E-state index contributed by atoms with van der Waals surface area (Å²) in [6.07, 6.45) is 3.61. The zero-order valence-corrected chi connectivity index (χ0v) is 10.1. The van der Waals surface area contributed by atoms with Gasteiger partial charge < -0.3 is 0 Å². The van der Waals surface area contributed by atoms with Gasteiger partial charge in [-0.1, -0.05) is 13.0 Å². The van der Waals surface area contributed by atoms with Crippen molar-refractivity contribution in [2.45, 2.75) is 20.3 Å². The van der Waals surface area contributed by atoms with E-state index in [0.29, 0.717) is 0 Å². The van der Waals surface area contributed by atoms with Gasteiger partial charge in [-0.3, -0.25) is 9.78 Å². The summed E-state index contributed by atoms with van der Waals surface area (Å²) >= 11 is 0.